The van der Waals surface area contributed by atoms with Gasteiger partial charge in [-0.2, -0.15) is 0 Å². The summed E-state index contributed by atoms with van der Waals surface area (Å²) in [6.07, 6.45) is 0. The molecule has 1 atom stereocenters. The normalized spacial score (nSPS) is 10.6. The van der Waals surface area contributed by atoms with Gasteiger partial charge in [0.25, 0.3) is 0 Å². The Morgan fingerprint density at radius 2 is 1.38 bits per heavy atom. The Balaban J connectivity index is 2.05. The van der Waals surface area contributed by atoms with E-state index in [0.717, 1.165) is 0 Å². The summed E-state index contributed by atoms with van der Waals surface area (Å²) < 4.78 is 0. The minimum atomic E-state index is 1.23. The second-order valence-corrected chi connectivity index (χ2v) is 6.19. The number of aryl methyl sites for hydroxylation is 2. The highest BCUT2D eigenvalue weighted by atomic mass is 31.0. The van der Waals surface area contributed by atoms with E-state index in [-0.39, 0.29) is 0 Å². The smallest absolute Gasteiger partial charge is 0.0154 e. The second-order valence-electron chi connectivity index (χ2n) is 5.52. The predicted molar refractivity (Wildman–Crippen MR) is 96.1 cm³/mol. The Bertz CT molecular complexity index is 770. The van der Waals surface area contributed by atoms with E-state index in [2.05, 4.69) is 89.8 Å². The van der Waals surface area contributed by atoms with Gasteiger partial charge in [-0.25, -0.2) is 0 Å². The van der Waals surface area contributed by atoms with Crippen LogP contribution in [0.5, 0.6) is 0 Å². The van der Waals surface area contributed by atoms with Crippen LogP contribution in [0.1, 0.15) is 11.1 Å². The number of hydrogen-bond donors (Lipinski definition) is 0. The summed E-state index contributed by atoms with van der Waals surface area (Å²) in [5.41, 5.74) is 7.71. The average molecular weight is 290 g/mol. The molecular formula is C20H19P. The summed E-state index contributed by atoms with van der Waals surface area (Å²) in [7, 11) is 2.76. The summed E-state index contributed by atoms with van der Waals surface area (Å²) in [6, 6.07) is 24.0. The SMILES string of the molecule is Cc1ccc(-c2cccc(-c3ccc(P)cc3C)c2)cc1. The van der Waals surface area contributed by atoms with Crippen LogP contribution >= 0.6 is 9.24 Å². The molecule has 0 nitrogen and oxygen atoms in total. The topological polar surface area (TPSA) is 0 Å². The van der Waals surface area contributed by atoms with Gasteiger partial charge in [-0.1, -0.05) is 66.2 Å². The third kappa shape index (κ3) is 3.06. The van der Waals surface area contributed by atoms with Crippen molar-refractivity contribution in [3.63, 3.8) is 0 Å². The van der Waals surface area contributed by atoms with Crippen LogP contribution in [-0.2, 0) is 0 Å². The van der Waals surface area contributed by atoms with Gasteiger partial charge in [0.15, 0.2) is 0 Å². The minimum Gasteiger partial charge on any atom is -0.106 e. The monoisotopic (exact) mass is 290 g/mol. The number of hydrogen-bond acceptors (Lipinski definition) is 0. The molecule has 1 unspecified atom stereocenters. The highest BCUT2D eigenvalue weighted by molar-refractivity contribution is 7.27. The molecule has 0 fully saturated rings. The molecule has 0 aliphatic carbocycles. The van der Waals surface area contributed by atoms with E-state index in [4.69, 9.17) is 0 Å². The molecule has 0 bridgehead atoms. The molecule has 0 aliphatic heterocycles. The molecule has 104 valence electrons. The van der Waals surface area contributed by atoms with Crippen LogP contribution in [0.4, 0.5) is 0 Å². The van der Waals surface area contributed by atoms with Crippen LogP contribution in [0.3, 0.4) is 0 Å². The fourth-order valence-corrected chi connectivity index (χ4v) is 2.97. The number of rotatable bonds is 2. The lowest BCUT2D eigenvalue weighted by Gasteiger charge is -2.09. The molecule has 1 heteroatoms. The molecule has 3 aromatic carbocycles. The van der Waals surface area contributed by atoms with Crippen molar-refractivity contribution in [2.24, 2.45) is 0 Å². The zero-order valence-corrected chi connectivity index (χ0v) is 13.6. The summed E-state index contributed by atoms with van der Waals surface area (Å²) in [4.78, 5) is 0. The fraction of sp³-hybridized carbons (Fsp3) is 0.100. The van der Waals surface area contributed by atoms with Gasteiger partial charge in [0.1, 0.15) is 0 Å². The number of benzene rings is 3. The van der Waals surface area contributed by atoms with Crippen LogP contribution in [0.2, 0.25) is 0 Å². The van der Waals surface area contributed by atoms with Crippen LogP contribution in [0, 0.1) is 13.8 Å². The lowest BCUT2D eigenvalue weighted by molar-refractivity contribution is 1.46. The Morgan fingerprint density at radius 3 is 2.10 bits per heavy atom. The van der Waals surface area contributed by atoms with Crippen molar-refractivity contribution in [1.29, 1.82) is 0 Å². The molecule has 3 rings (SSSR count). The zero-order valence-electron chi connectivity index (χ0n) is 12.4. The van der Waals surface area contributed by atoms with E-state index in [1.54, 1.807) is 0 Å². The van der Waals surface area contributed by atoms with E-state index in [9.17, 15) is 0 Å². The maximum absolute atomic E-state index is 2.76. The van der Waals surface area contributed by atoms with E-state index < -0.39 is 0 Å². The first kappa shape index (κ1) is 14.0. The first-order valence-corrected chi connectivity index (χ1v) is 7.75. The van der Waals surface area contributed by atoms with Crippen LogP contribution in [0.25, 0.3) is 22.3 Å². The molecule has 3 aromatic rings. The maximum Gasteiger partial charge on any atom is -0.0154 e. The average Bonchev–Trinajstić information content (AvgIpc) is 2.48. The van der Waals surface area contributed by atoms with Crippen molar-refractivity contribution in [2.75, 3.05) is 0 Å². The molecule has 21 heavy (non-hydrogen) atoms. The van der Waals surface area contributed by atoms with Crippen LogP contribution in [0.15, 0.2) is 66.7 Å². The van der Waals surface area contributed by atoms with Crippen molar-refractivity contribution in [2.45, 2.75) is 13.8 Å². The van der Waals surface area contributed by atoms with Gasteiger partial charge in [-0.15, -0.1) is 9.24 Å². The van der Waals surface area contributed by atoms with E-state index in [1.807, 2.05) is 0 Å². The molecule has 0 N–H and O–H groups in total. The van der Waals surface area contributed by atoms with Crippen molar-refractivity contribution < 1.29 is 0 Å². The molecule has 0 saturated heterocycles. The molecule has 0 spiro atoms. The molecule has 0 heterocycles. The Morgan fingerprint density at radius 1 is 0.667 bits per heavy atom. The molecule has 0 aromatic heterocycles. The lowest BCUT2D eigenvalue weighted by Crippen LogP contribution is -1.93. The third-order valence-corrected chi connectivity index (χ3v) is 4.17. The summed E-state index contributed by atoms with van der Waals surface area (Å²) in [5.74, 6) is 0. The van der Waals surface area contributed by atoms with Crippen molar-refractivity contribution in [3.8, 4) is 22.3 Å². The zero-order chi connectivity index (χ0) is 14.8. The minimum absolute atomic E-state index is 1.23. The molecule has 0 aliphatic rings. The molecule has 0 saturated carbocycles. The van der Waals surface area contributed by atoms with Crippen LogP contribution in [-0.4, -0.2) is 0 Å². The van der Waals surface area contributed by atoms with Crippen molar-refractivity contribution in [3.05, 3.63) is 77.9 Å². The summed E-state index contributed by atoms with van der Waals surface area (Å²) in [5, 5.41) is 1.23. The van der Waals surface area contributed by atoms with Gasteiger partial charge < -0.3 is 0 Å². The van der Waals surface area contributed by atoms with Crippen LogP contribution < -0.4 is 5.30 Å². The first-order chi connectivity index (χ1) is 10.1. The van der Waals surface area contributed by atoms with E-state index in [0.29, 0.717) is 0 Å². The lowest BCUT2D eigenvalue weighted by atomic mass is 9.96. The Hall–Kier alpha value is -1.91. The van der Waals surface area contributed by atoms with Gasteiger partial charge >= 0.3 is 0 Å². The molecular weight excluding hydrogens is 271 g/mol. The largest absolute Gasteiger partial charge is 0.106 e. The van der Waals surface area contributed by atoms with Crippen molar-refractivity contribution >= 4 is 14.5 Å². The standard InChI is InChI=1S/C20H19P/c1-14-6-8-16(9-7-14)17-4-3-5-18(13-17)20-11-10-19(21)12-15(20)2/h3-13H,21H2,1-2H3. The third-order valence-electron chi connectivity index (χ3n) is 3.81. The molecule has 0 amide bonds. The highest BCUT2D eigenvalue weighted by Gasteiger charge is 2.04. The van der Waals surface area contributed by atoms with Gasteiger partial charge in [0.05, 0.1) is 0 Å². The fourth-order valence-electron chi connectivity index (χ4n) is 2.62. The second kappa shape index (κ2) is 5.84. The summed E-state index contributed by atoms with van der Waals surface area (Å²) in [6.45, 7) is 4.29. The molecule has 0 radical (unpaired) electrons. The van der Waals surface area contributed by atoms with Gasteiger partial charge in [-0.3, -0.25) is 0 Å². The van der Waals surface area contributed by atoms with Crippen molar-refractivity contribution in [1.82, 2.24) is 0 Å². The highest BCUT2D eigenvalue weighted by Crippen LogP contribution is 2.28. The van der Waals surface area contributed by atoms with Gasteiger partial charge in [0, 0.05) is 0 Å². The van der Waals surface area contributed by atoms with Gasteiger partial charge in [-0.05, 0) is 53.0 Å². The summed E-state index contributed by atoms with van der Waals surface area (Å²) >= 11 is 0. The Kier molecular flexibility index (Phi) is 3.90. The predicted octanol–water partition coefficient (Wildman–Crippen LogP) is 5.14. The maximum atomic E-state index is 2.76. The first-order valence-electron chi connectivity index (χ1n) is 7.17. The Labute approximate surface area is 129 Å². The van der Waals surface area contributed by atoms with E-state index >= 15 is 0 Å². The van der Waals surface area contributed by atoms with E-state index in [1.165, 1.54) is 38.7 Å². The van der Waals surface area contributed by atoms with Gasteiger partial charge in [0.2, 0.25) is 0 Å². The quantitative estimate of drug-likeness (QED) is 0.573.